The number of hydrogen-bond donors (Lipinski definition) is 0. The summed E-state index contributed by atoms with van der Waals surface area (Å²) in [6.45, 7) is 3.57. The van der Waals surface area contributed by atoms with Gasteiger partial charge in [-0.15, -0.1) is 4.74 Å². The highest BCUT2D eigenvalue weighted by atomic mass is 32.2. The zero-order valence-corrected chi connectivity index (χ0v) is 14.6. The maximum Gasteiger partial charge on any atom is 0.293 e. The average Bonchev–Trinajstić information content (AvgIpc) is 2.75. The van der Waals surface area contributed by atoms with Crippen LogP contribution in [0.1, 0.15) is 16.9 Å². The molecule has 126 valence electrons. The van der Waals surface area contributed by atoms with Gasteiger partial charge in [0.2, 0.25) is 10.0 Å². The zero-order chi connectivity index (χ0) is 17.4. The van der Waals surface area contributed by atoms with Crippen LogP contribution in [-0.2, 0) is 21.4 Å². The number of hydrogen-bond acceptors (Lipinski definition) is 5. The van der Waals surface area contributed by atoms with Crippen molar-refractivity contribution in [2.75, 3.05) is 21.2 Å². The summed E-state index contributed by atoms with van der Waals surface area (Å²) in [7, 11) is 0.914. The number of sulfonamides is 1. The second-order valence-corrected chi connectivity index (χ2v) is 7.55. The van der Waals surface area contributed by atoms with Crippen molar-refractivity contribution in [2.24, 2.45) is 0 Å². The van der Waals surface area contributed by atoms with Crippen LogP contribution >= 0.6 is 0 Å². The molecule has 8 heteroatoms. The van der Waals surface area contributed by atoms with E-state index in [0.717, 1.165) is 9.05 Å². The van der Waals surface area contributed by atoms with Crippen LogP contribution in [0.15, 0.2) is 32.4 Å². The van der Waals surface area contributed by atoms with E-state index in [9.17, 15) is 13.2 Å². The molecule has 0 aliphatic carbocycles. The second kappa shape index (κ2) is 6.31. The lowest BCUT2D eigenvalue weighted by Crippen LogP contribution is -2.22. The number of methoxy groups -OCH3 is 1. The number of aryl methyl sites for hydroxylation is 2. The Labute approximate surface area is 135 Å². The first kappa shape index (κ1) is 17.5. The first-order chi connectivity index (χ1) is 10.7. The molecule has 0 amide bonds. The summed E-state index contributed by atoms with van der Waals surface area (Å²) in [6, 6.07) is 4.54. The molecule has 0 N–H and O–H groups in total. The van der Waals surface area contributed by atoms with E-state index < -0.39 is 10.0 Å². The van der Waals surface area contributed by atoms with E-state index in [0.29, 0.717) is 22.6 Å². The molecule has 0 bridgehead atoms. The molecule has 1 aromatic heterocycles. The van der Waals surface area contributed by atoms with E-state index in [1.165, 1.54) is 33.3 Å². The molecule has 0 aliphatic heterocycles. The topological polar surface area (TPSA) is 81.8 Å². The summed E-state index contributed by atoms with van der Waals surface area (Å²) < 4.78 is 37.1. The number of nitrogens with zero attached hydrogens (tertiary/aromatic N) is 2. The number of rotatable bonds is 5. The van der Waals surface area contributed by atoms with Crippen molar-refractivity contribution in [3.63, 3.8) is 0 Å². The summed E-state index contributed by atoms with van der Waals surface area (Å²) in [5.74, 6) is 0.473. The zero-order valence-electron chi connectivity index (χ0n) is 13.8. The third kappa shape index (κ3) is 3.10. The summed E-state index contributed by atoms with van der Waals surface area (Å²) >= 11 is 0. The van der Waals surface area contributed by atoms with Gasteiger partial charge in [0.1, 0.15) is 5.76 Å². The predicted molar refractivity (Wildman–Crippen MR) is 85.4 cm³/mol. The third-order valence-corrected chi connectivity index (χ3v) is 5.36. The minimum absolute atomic E-state index is 0.160. The fraction of sp³-hybridized carbons (Fsp3) is 0.400. The van der Waals surface area contributed by atoms with Crippen molar-refractivity contribution in [1.82, 2.24) is 9.05 Å². The predicted octanol–water partition coefficient (Wildman–Crippen LogP) is 1.44. The van der Waals surface area contributed by atoms with Gasteiger partial charge in [-0.2, -0.15) is 0 Å². The molecule has 1 heterocycles. The van der Waals surface area contributed by atoms with E-state index in [4.69, 9.17) is 9.26 Å². The fourth-order valence-electron chi connectivity index (χ4n) is 2.20. The fourth-order valence-corrected chi connectivity index (χ4v) is 3.19. The van der Waals surface area contributed by atoms with Crippen LogP contribution in [0.3, 0.4) is 0 Å². The minimum atomic E-state index is -3.52. The van der Waals surface area contributed by atoms with Gasteiger partial charge in [0.15, 0.2) is 0 Å². The molecule has 0 spiro atoms. The summed E-state index contributed by atoms with van der Waals surface area (Å²) in [5.41, 5.74) is 1.25. The lowest BCUT2D eigenvalue weighted by molar-refractivity contribution is 0.182. The number of aromatic nitrogens is 1. The second-order valence-electron chi connectivity index (χ2n) is 5.39. The highest BCUT2D eigenvalue weighted by Gasteiger charge is 2.20. The summed E-state index contributed by atoms with van der Waals surface area (Å²) in [6.07, 6.45) is 0. The Morgan fingerprint density at radius 2 is 1.91 bits per heavy atom. The first-order valence-electron chi connectivity index (χ1n) is 6.94. The molecule has 0 atom stereocenters. The largest absolute Gasteiger partial charge is 0.380 e. The first-order valence-corrected chi connectivity index (χ1v) is 8.38. The number of benzene rings is 1. The Hall–Kier alpha value is -1.90. The van der Waals surface area contributed by atoms with Crippen molar-refractivity contribution >= 4 is 10.0 Å². The Balaban J connectivity index is 2.56. The van der Waals surface area contributed by atoms with Crippen molar-refractivity contribution in [3.05, 3.63) is 45.4 Å². The smallest absolute Gasteiger partial charge is 0.293 e. The summed E-state index contributed by atoms with van der Waals surface area (Å²) in [4.78, 5) is 12.5. The molecule has 23 heavy (non-hydrogen) atoms. The van der Waals surface area contributed by atoms with Crippen LogP contribution in [-0.4, -0.2) is 38.7 Å². The molecule has 0 saturated carbocycles. The van der Waals surface area contributed by atoms with E-state index in [1.807, 2.05) is 0 Å². The molecule has 7 nitrogen and oxygen atoms in total. The highest BCUT2D eigenvalue weighted by Crippen LogP contribution is 2.21. The standard InChI is InChI=1S/C15H20N2O5S/c1-10-8-12(23(19,20)16(3)4)6-7-14(10)17-15(18)13(9-21-5)11(2)22-17/h6-8H,9H2,1-5H3. The molecule has 0 aliphatic rings. The molecule has 2 aromatic rings. The lowest BCUT2D eigenvalue weighted by atomic mass is 10.2. The van der Waals surface area contributed by atoms with Crippen LogP contribution in [0.25, 0.3) is 5.69 Å². The molecular formula is C15H20N2O5S. The van der Waals surface area contributed by atoms with Crippen LogP contribution in [0.2, 0.25) is 0 Å². The third-order valence-electron chi connectivity index (χ3n) is 3.55. The molecule has 0 fully saturated rings. The molecule has 0 unspecified atom stereocenters. The Bertz CT molecular complexity index is 878. The van der Waals surface area contributed by atoms with Crippen molar-refractivity contribution in [3.8, 4) is 5.69 Å². The van der Waals surface area contributed by atoms with Gasteiger partial charge in [0.05, 0.1) is 22.8 Å². The van der Waals surface area contributed by atoms with Crippen LogP contribution in [0.4, 0.5) is 0 Å². The van der Waals surface area contributed by atoms with Gasteiger partial charge >= 0.3 is 0 Å². The molecular weight excluding hydrogens is 320 g/mol. The van der Waals surface area contributed by atoms with E-state index in [2.05, 4.69) is 0 Å². The quantitative estimate of drug-likeness (QED) is 0.823. The summed E-state index contributed by atoms with van der Waals surface area (Å²) in [5, 5.41) is 0. The molecule has 2 rings (SSSR count). The Kier molecular flexibility index (Phi) is 4.79. The van der Waals surface area contributed by atoms with Gasteiger partial charge in [-0.25, -0.2) is 12.7 Å². The molecule has 0 saturated heterocycles. The van der Waals surface area contributed by atoms with Crippen LogP contribution in [0.5, 0.6) is 0 Å². The van der Waals surface area contributed by atoms with Gasteiger partial charge in [-0.1, -0.05) is 0 Å². The minimum Gasteiger partial charge on any atom is -0.380 e. The van der Waals surface area contributed by atoms with E-state index >= 15 is 0 Å². The Morgan fingerprint density at radius 3 is 2.43 bits per heavy atom. The average molecular weight is 340 g/mol. The maximum absolute atomic E-state index is 12.4. The van der Waals surface area contributed by atoms with Gasteiger partial charge < -0.3 is 9.26 Å². The normalized spacial score (nSPS) is 12.1. The lowest BCUT2D eigenvalue weighted by Gasteiger charge is -2.13. The molecule has 0 radical (unpaired) electrons. The van der Waals surface area contributed by atoms with Crippen molar-refractivity contribution in [2.45, 2.75) is 25.3 Å². The highest BCUT2D eigenvalue weighted by molar-refractivity contribution is 7.89. The maximum atomic E-state index is 12.4. The van der Waals surface area contributed by atoms with Gasteiger partial charge in [0.25, 0.3) is 5.56 Å². The van der Waals surface area contributed by atoms with Crippen LogP contribution < -0.4 is 5.56 Å². The van der Waals surface area contributed by atoms with Crippen LogP contribution in [0, 0.1) is 13.8 Å². The Morgan fingerprint density at radius 1 is 1.26 bits per heavy atom. The van der Waals surface area contributed by atoms with E-state index in [1.54, 1.807) is 19.9 Å². The van der Waals surface area contributed by atoms with Crippen molar-refractivity contribution < 1.29 is 17.7 Å². The van der Waals surface area contributed by atoms with Gasteiger partial charge in [-0.05, 0) is 37.6 Å². The molecule has 1 aromatic carbocycles. The van der Waals surface area contributed by atoms with Gasteiger partial charge in [0, 0.05) is 21.2 Å². The number of ether oxygens (including phenoxy) is 1. The van der Waals surface area contributed by atoms with Gasteiger partial charge in [-0.3, -0.25) is 4.79 Å². The monoisotopic (exact) mass is 340 g/mol. The van der Waals surface area contributed by atoms with Crippen molar-refractivity contribution in [1.29, 1.82) is 0 Å². The van der Waals surface area contributed by atoms with E-state index in [-0.39, 0.29) is 17.1 Å². The SMILES string of the molecule is COCc1c(C)on(-c2ccc(S(=O)(=O)N(C)C)cc2C)c1=O.